The van der Waals surface area contributed by atoms with Gasteiger partial charge in [0.15, 0.2) is 0 Å². The van der Waals surface area contributed by atoms with Crippen molar-refractivity contribution >= 4 is 11.8 Å². The molecule has 0 aromatic heterocycles. The molecule has 0 aromatic rings. The lowest BCUT2D eigenvalue weighted by molar-refractivity contribution is -0.137. The topological polar surface area (TPSA) is 61.4 Å². The molecule has 0 radical (unpaired) electrons. The molecule has 90 valence electrons. The van der Waals surface area contributed by atoms with Crippen molar-refractivity contribution in [2.45, 2.75) is 44.8 Å². The van der Waals surface area contributed by atoms with Gasteiger partial charge in [-0.2, -0.15) is 0 Å². The number of rotatable bonds is 1. The van der Waals surface area contributed by atoms with Crippen LogP contribution >= 0.6 is 0 Å². The molecular weight excluding hydrogens is 206 g/mol. The molecule has 0 spiro atoms. The van der Waals surface area contributed by atoms with E-state index in [1.54, 1.807) is 0 Å². The van der Waals surface area contributed by atoms with Crippen LogP contribution < -0.4 is 10.6 Å². The molecule has 2 unspecified atom stereocenters. The molecule has 5 heteroatoms. The second-order valence-corrected chi connectivity index (χ2v) is 4.67. The van der Waals surface area contributed by atoms with Crippen molar-refractivity contribution in [3.8, 4) is 0 Å². The highest BCUT2D eigenvalue weighted by Gasteiger charge is 2.35. The summed E-state index contributed by atoms with van der Waals surface area (Å²) in [4.78, 5) is 25.2. The molecule has 2 saturated heterocycles. The summed E-state index contributed by atoms with van der Waals surface area (Å²) in [5, 5.41) is 6.07. The van der Waals surface area contributed by atoms with E-state index in [2.05, 4.69) is 17.6 Å². The van der Waals surface area contributed by atoms with Gasteiger partial charge in [0.05, 0.1) is 0 Å². The maximum absolute atomic E-state index is 12.2. The van der Waals surface area contributed by atoms with Crippen molar-refractivity contribution in [3.63, 3.8) is 0 Å². The van der Waals surface area contributed by atoms with Crippen LogP contribution in [0.2, 0.25) is 0 Å². The summed E-state index contributed by atoms with van der Waals surface area (Å²) in [5.74, 6) is 0.0703. The van der Waals surface area contributed by atoms with Gasteiger partial charge in [-0.25, -0.2) is 0 Å². The first kappa shape index (κ1) is 11.4. The van der Waals surface area contributed by atoms with E-state index in [1.165, 1.54) is 0 Å². The van der Waals surface area contributed by atoms with Gasteiger partial charge in [-0.1, -0.05) is 0 Å². The molecule has 0 aliphatic carbocycles. The van der Waals surface area contributed by atoms with E-state index < -0.39 is 0 Å². The Hall–Kier alpha value is -1.10. The van der Waals surface area contributed by atoms with Crippen LogP contribution in [0.25, 0.3) is 0 Å². The summed E-state index contributed by atoms with van der Waals surface area (Å²) in [6, 6.07) is 0.216. The van der Waals surface area contributed by atoms with Crippen molar-refractivity contribution in [2.24, 2.45) is 0 Å². The van der Waals surface area contributed by atoms with Crippen LogP contribution in [0.1, 0.15) is 26.7 Å². The first-order valence-corrected chi connectivity index (χ1v) is 5.93. The number of nitrogens with one attached hydrogen (secondary N) is 2. The standard InChI is InChI=1S/C11H19N3O2/c1-7-8(2)14(6-5-12-7)11(16)9-3-4-10(15)13-9/h7-9,12H,3-6H2,1-2H3,(H,13,15)/t7?,8?,9-/m1/s1. The van der Waals surface area contributed by atoms with Gasteiger partial charge in [0.1, 0.15) is 6.04 Å². The third kappa shape index (κ3) is 2.04. The third-order valence-corrected chi connectivity index (χ3v) is 3.61. The zero-order chi connectivity index (χ0) is 11.7. The Morgan fingerprint density at radius 3 is 2.81 bits per heavy atom. The molecule has 2 N–H and O–H groups in total. The summed E-state index contributed by atoms with van der Waals surface area (Å²) in [5.41, 5.74) is 0. The first-order valence-electron chi connectivity index (χ1n) is 5.93. The predicted octanol–water partition coefficient (Wildman–Crippen LogP) is -0.526. The Morgan fingerprint density at radius 1 is 1.44 bits per heavy atom. The van der Waals surface area contributed by atoms with Crippen molar-refractivity contribution in [3.05, 3.63) is 0 Å². The molecule has 2 amide bonds. The summed E-state index contributed by atoms with van der Waals surface area (Å²) >= 11 is 0. The van der Waals surface area contributed by atoms with Crippen LogP contribution in [0.5, 0.6) is 0 Å². The summed E-state index contributed by atoms with van der Waals surface area (Å²) in [6.07, 6.45) is 1.12. The number of carbonyl (C=O) groups excluding carboxylic acids is 2. The number of carbonyl (C=O) groups is 2. The van der Waals surface area contributed by atoms with Gasteiger partial charge in [0.2, 0.25) is 11.8 Å². The van der Waals surface area contributed by atoms with Crippen molar-refractivity contribution in [2.75, 3.05) is 13.1 Å². The van der Waals surface area contributed by atoms with Gasteiger partial charge in [-0.05, 0) is 20.3 Å². The molecular formula is C11H19N3O2. The quantitative estimate of drug-likeness (QED) is 0.631. The lowest BCUT2D eigenvalue weighted by atomic mass is 10.1. The smallest absolute Gasteiger partial charge is 0.245 e. The zero-order valence-corrected chi connectivity index (χ0v) is 9.82. The van der Waals surface area contributed by atoms with Gasteiger partial charge >= 0.3 is 0 Å². The lowest BCUT2D eigenvalue weighted by Gasteiger charge is -2.39. The molecule has 16 heavy (non-hydrogen) atoms. The fourth-order valence-electron chi connectivity index (χ4n) is 2.37. The van der Waals surface area contributed by atoms with Crippen LogP contribution in [0.3, 0.4) is 0 Å². The average molecular weight is 225 g/mol. The Kier molecular flexibility index (Phi) is 3.14. The number of hydrogen-bond acceptors (Lipinski definition) is 3. The molecule has 0 bridgehead atoms. The normalized spacial score (nSPS) is 35.0. The van der Waals surface area contributed by atoms with Crippen LogP contribution in [-0.4, -0.2) is 47.9 Å². The molecule has 2 aliphatic heterocycles. The zero-order valence-electron chi connectivity index (χ0n) is 9.82. The SMILES string of the molecule is CC1NCCN(C(=O)[C@H]2CCC(=O)N2)C1C. The van der Waals surface area contributed by atoms with E-state index >= 15 is 0 Å². The molecule has 5 nitrogen and oxygen atoms in total. The summed E-state index contributed by atoms with van der Waals surface area (Å²) in [7, 11) is 0. The average Bonchev–Trinajstić information content (AvgIpc) is 2.68. The van der Waals surface area contributed by atoms with Crippen molar-refractivity contribution in [1.82, 2.24) is 15.5 Å². The fraction of sp³-hybridized carbons (Fsp3) is 0.818. The second kappa shape index (κ2) is 4.41. The molecule has 2 rings (SSSR count). The van der Waals surface area contributed by atoms with Gasteiger partial charge < -0.3 is 15.5 Å². The molecule has 2 fully saturated rings. The minimum Gasteiger partial charge on any atom is -0.344 e. The van der Waals surface area contributed by atoms with Gasteiger partial charge in [0, 0.05) is 31.6 Å². The number of piperazine rings is 1. The largest absolute Gasteiger partial charge is 0.344 e. The van der Waals surface area contributed by atoms with E-state index in [1.807, 2.05) is 11.8 Å². The predicted molar refractivity (Wildman–Crippen MR) is 59.8 cm³/mol. The van der Waals surface area contributed by atoms with E-state index in [-0.39, 0.29) is 23.9 Å². The van der Waals surface area contributed by atoms with Gasteiger partial charge in [0.25, 0.3) is 0 Å². The first-order chi connectivity index (χ1) is 7.59. The molecule has 3 atom stereocenters. The highest BCUT2D eigenvalue weighted by Crippen LogP contribution is 2.15. The number of nitrogens with zero attached hydrogens (tertiary/aromatic N) is 1. The van der Waals surface area contributed by atoms with E-state index in [4.69, 9.17) is 0 Å². The monoisotopic (exact) mass is 225 g/mol. The van der Waals surface area contributed by atoms with E-state index in [0.717, 1.165) is 13.1 Å². The highest BCUT2D eigenvalue weighted by molar-refractivity contribution is 5.91. The van der Waals surface area contributed by atoms with E-state index in [0.29, 0.717) is 18.9 Å². The minimum atomic E-state index is -0.291. The summed E-state index contributed by atoms with van der Waals surface area (Å²) < 4.78 is 0. The Bertz CT molecular complexity index is 306. The van der Waals surface area contributed by atoms with Crippen LogP contribution in [-0.2, 0) is 9.59 Å². The maximum atomic E-state index is 12.2. The molecule has 0 saturated carbocycles. The van der Waals surface area contributed by atoms with Crippen molar-refractivity contribution < 1.29 is 9.59 Å². The van der Waals surface area contributed by atoms with E-state index in [9.17, 15) is 9.59 Å². The number of hydrogen-bond donors (Lipinski definition) is 2. The van der Waals surface area contributed by atoms with Gasteiger partial charge in [-0.3, -0.25) is 9.59 Å². The fourth-order valence-corrected chi connectivity index (χ4v) is 2.37. The molecule has 0 aromatic carbocycles. The Labute approximate surface area is 95.6 Å². The Balaban J connectivity index is 2.00. The highest BCUT2D eigenvalue weighted by atomic mass is 16.2. The molecule has 2 heterocycles. The molecule has 2 aliphatic rings. The van der Waals surface area contributed by atoms with Gasteiger partial charge in [-0.15, -0.1) is 0 Å². The van der Waals surface area contributed by atoms with Crippen LogP contribution in [0.4, 0.5) is 0 Å². The summed E-state index contributed by atoms with van der Waals surface area (Å²) in [6.45, 7) is 5.69. The lowest BCUT2D eigenvalue weighted by Crippen LogP contribution is -2.60. The Morgan fingerprint density at radius 2 is 2.19 bits per heavy atom. The maximum Gasteiger partial charge on any atom is 0.245 e. The minimum absolute atomic E-state index is 0.00538. The van der Waals surface area contributed by atoms with Crippen molar-refractivity contribution in [1.29, 1.82) is 0 Å². The number of amides is 2. The second-order valence-electron chi connectivity index (χ2n) is 4.67. The van der Waals surface area contributed by atoms with Crippen LogP contribution in [0, 0.1) is 0 Å². The van der Waals surface area contributed by atoms with Crippen LogP contribution in [0.15, 0.2) is 0 Å². The third-order valence-electron chi connectivity index (χ3n) is 3.61.